The average molecular weight is 363 g/mol. The van der Waals surface area contributed by atoms with E-state index in [9.17, 15) is 19.5 Å². The number of hydrogen-bond donors (Lipinski definition) is 1. The van der Waals surface area contributed by atoms with Crippen LogP contribution in [0.15, 0.2) is 18.2 Å². The maximum Gasteiger partial charge on any atom is 0.326 e. The molecule has 0 aromatic heterocycles. The van der Waals surface area contributed by atoms with E-state index in [2.05, 4.69) is 0 Å². The van der Waals surface area contributed by atoms with Crippen molar-refractivity contribution in [1.29, 1.82) is 0 Å². The summed E-state index contributed by atoms with van der Waals surface area (Å²) in [5.41, 5.74) is 0.536. The number of likely N-dealkylation sites (tertiary alicyclic amines) is 1. The topological polar surface area (TPSA) is 93.1 Å². The highest BCUT2D eigenvalue weighted by Gasteiger charge is 2.31. The second-order valence-electron chi connectivity index (χ2n) is 6.31. The minimum absolute atomic E-state index is 0.0602. The van der Waals surface area contributed by atoms with Crippen LogP contribution >= 0.6 is 0 Å². The molecule has 1 aromatic rings. The molecular weight excluding hydrogens is 338 g/mol. The first-order valence-electron chi connectivity index (χ1n) is 8.78. The second-order valence-corrected chi connectivity index (χ2v) is 6.31. The van der Waals surface area contributed by atoms with Crippen LogP contribution in [0.3, 0.4) is 0 Å². The zero-order chi connectivity index (χ0) is 19.1. The number of carboxylic acids is 1. The SMILES string of the molecule is COc1cc(C(C)=O)ccc1OCCCC(=O)N1CCCC[C@@H]1C(=O)O. The molecule has 7 heteroatoms. The van der Waals surface area contributed by atoms with E-state index in [1.807, 2.05) is 0 Å². The van der Waals surface area contributed by atoms with Gasteiger partial charge in [0.2, 0.25) is 5.91 Å². The number of ether oxygens (including phenoxy) is 2. The molecule has 1 amide bonds. The van der Waals surface area contributed by atoms with Crippen molar-refractivity contribution in [2.24, 2.45) is 0 Å². The minimum Gasteiger partial charge on any atom is -0.493 e. The van der Waals surface area contributed by atoms with Gasteiger partial charge in [0.15, 0.2) is 17.3 Å². The molecular formula is C19H25NO6. The number of benzene rings is 1. The normalized spacial score (nSPS) is 16.8. The fourth-order valence-electron chi connectivity index (χ4n) is 3.04. The Morgan fingerprint density at radius 1 is 1.23 bits per heavy atom. The van der Waals surface area contributed by atoms with Crippen molar-refractivity contribution >= 4 is 17.7 Å². The number of hydrogen-bond acceptors (Lipinski definition) is 5. The first kappa shape index (κ1) is 19.8. The number of ketones is 1. The summed E-state index contributed by atoms with van der Waals surface area (Å²) in [5, 5.41) is 9.24. The molecule has 0 saturated carbocycles. The number of methoxy groups -OCH3 is 1. The summed E-state index contributed by atoms with van der Waals surface area (Å²) in [5.74, 6) is -0.184. The molecule has 0 radical (unpaired) electrons. The number of piperidine rings is 1. The predicted octanol–water partition coefficient (Wildman–Crippen LogP) is 2.52. The molecule has 1 aromatic carbocycles. The molecule has 2 rings (SSSR count). The van der Waals surface area contributed by atoms with Gasteiger partial charge in [-0.05, 0) is 50.8 Å². The van der Waals surface area contributed by atoms with Crippen LogP contribution in [-0.2, 0) is 9.59 Å². The Morgan fingerprint density at radius 2 is 2.00 bits per heavy atom. The maximum absolute atomic E-state index is 12.3. The standard InChI is InChI=1S/C19H25NO6/c1-13(21)14-8-9-16(17(12-14)25-2)26-11-5-7-18(22)20-10-4-3-6-15(20)19(23)24/h8-9,12,15H,3-7,10-11H2,1-2H3,(H,23,24)/t15-/m1/s1. The molecule has 1 heterocycles. The zero-order valence-corrected chi connectivity index (χ0v) is 15.2. The Morgan fingerprint density at radius 3 is 2.65 bits per heavy atom. The van der Waals surface area contributed by atoms with Crippen molar-refractivity contribution in [2.45, 2.75) is 45.1 Å². The maximum atomic E-state index is 12.3. The molecule has 26 heavy (non-hydrogen) atoms. The van der Waals surface area contributed by atoms with Gasteiger partial charge in [-0.1, -0.05) is 0 Å². The number of carbonyl (C=O) groups is 3. The number of rotatable bonds is 8. The number of nitrogens with zero attached hydrogens (tertiary/aromatic N) is 1. The molecule has 1 fully saturated rings. The fraction of sp³-hybridized carbons (Fsp3) is 0.526. The molecule has 142 valence electrons. The van der Waals surface area contributed by atoms with Crippen LogP contribution in [0, 0.1) is 0 Å². The number of amides is 1. The van der Waals surface area contributed by atoms with Gasteiger partial charge < -0.3 is 19.5 Å². The van der Waals surface area contributed by atoms with Crippen molar-refractivity contribution in [2.75, 3.05) is 20.3 Å². The molecule has 0 aliphatic carbocycles. The Hall–Kier alpha value is -2.57. The quantitative estimate of drug-likeness (QED) is 0.563. The lowest BCUT2D eigenvalue weighted by Gasteiger charge is -2.33. The minimum atomic E-state index is -0.940. The number of carbonyl (C=O) groups excluding carboxylic acids is 2. The van der Waals surface area contributed by atoms with E-state index in [-0.39, 0.29) is 18.1 Å². The third-order valence-corrected chi connectivity index (χ3v) is 4.47. The van der Waals surface area contributed by atoms with Crippen LogP contribution in [0.4, 0.5) is 0 Å². The molecule has 1 aliphatic heterocycles. The van der Waals surface area contributed by atoms with E-state index >= 15 is 0 Å². The van der Waals surface area contributed by atoms with Crippen LogP contribution in [0.5, 0.6) is 11.5 Å². The van der Waals surface area contributed by atoms with Crippen molar-refractivity contribution in [3.63, 3.8) is 0 Å². The first-order chi connectivity index (χ1) is 12.4. The van der Waals surface area contributed by atoms with E-state index in [1.54, 1.807) is 18.2 Å². The van der Waals surface area contributed by atoms with E-state index in [0.29, 0.717) is 43.1 Å². The lowest BCUT2D eigenvalue weighted by Crippen LogP contribution is -2.47. The van der Waals surface area contributed by atoms with Crippen molar-refractivity contribution in [1.82, 2.24) is 4.90 Å². The van der Waals surface area contributed by atoms with Crippen LogP contribution in [-0.4, -0.2) is 54.0 Å². The Bertz CT molecular complexity index is 672. The summed E-state index contributed by atoms with van der Waals surface area (Å²) >= 11 is 0. The Balaban J connectivity index is 1.85. The molecule has 0 spiro atoms. The van der Waals surface area contributed by atoms with E-state index in [1.165, 1.54) is 18.9 Å². The van der Waals surface area contributed by atoms with Gasteiger partial charge in [0.1, 0.15) is 6.04 Å². The lowest BCUT2D eigenvalue weighted by atomic mass is 10.0. The number of aliphatic carboxylic acids is 1. The van der Waals surface area contributed by atoms with Gasteiger partial charge in [-0.3, -0.25) is 9.59 Å². The summed E-state index contributed by atoms with van der Waals surface area (Å²) in [4.78, 5) is 36.5. The van der Waals surface area contributed by atoms with Crippen LogP contribution < -0.4 is 9.47 Å². The zero-order valence-electron chi connectivity index (χ0n) is 15.2. The molecule has 7 nitrogen and oxygen atoms in total. The largest absolute Gasteiger partial charge is 0.493 e. The van der Waals surface area contributed by atoms with Crippen LogP contribution in [0.25, 0.3) is 0 Å². The summed E-state index contributed by atoms with van der Waals surface area (Å²) in [6.45, 7) is 2.27. The van der Waals surface area contributed by atoms with E-state index in [0.717, 1.165) is 12.8 Å². The molecule has 1 saturated heterocycles. The van der Waals surface area contributed by atoms with Gasteiger partial charge in [-0.25, -0.2) is 4.79 Å². The summed E-state index contributed by atoms with van der Waals surface area (Å²) in [6, 6.07) is 4.24. The highest BCUT2D eigenvalue weighted by Crippen LogP contribution is 2.28. The highest BCUT2D eigenvalue weighted by molar-refractivity contribution is 5.94. The van der Waals surface area contributed by atoms with Gasteiger partial charge in [0.05, 0.1) is 13.7 Å². The second kappa shape index (κ2) is 9.22. The summed E-state index contributed by atoms with van der Waals surface area (Å²) < 4.78 is 10.9. The van der Waals surface area contributed by atoms with Gasteiger partial charge in [0.25, 0.3) is 0 Å². The van der Waals surface area contributed by atoms with E-state index in [4.69, 9.17) is 9.47 Å². The van der Waals surface area contributed by atoms with Crippen LogP contribution in [0.1, 0.15) is 49.4 Å². The average Bonchev–Trinajstić information content (AvgIpc) is 2.64. The molecule has 0 bridgehead atoms. The van der Waals surface area contributed by atoms with Gasteiger partial charge in [0, 0.05) is 18.5 Å². The number of carboxylic acid groups (broad SMARTS) is 1. The van der Waals surface area contributed by atoms with Gasteiger partial charge in [-0.2, -0.15) is 0 Å². The van der Waals surface area contributed by atoms with Crippen molar-refractivity contribution in [3.8, 4) is 11.5 Å². The monoisotopic (exact) mass is 363 g/mol. The third-order valence-electron chi connectivity index (χ3n) is 4.47. The molecule has 1 N–H and O–H groups in total. The van der Waals surface area contributed by atoms with Crippen molar-refractivity contribution in [3.05, 3.63) is 23.8 Å². The molecule has 1 atom stereocenters. The van der Waals surface area contributed by atoms with Gasteiger partial charge >= 0.3 is 5.97 Å². The summed E-state index contributed by atoms with van der Waals surface area (Å²) in [7, 11) is 1.50. The third kappa shape index (κ3) is 4.97. The van der Waals surface area contributed by atoms with E-state index < -0.39 is 12.0 Å². The first-order valence-corrected chi connectivity index (χ1v) is 8.78. The van der Waals surface area contributed by atoms with Crippen LogP contribution in [0.2, 0.25) is 0 Å². The highest BCUT2D eigenvalue weighted by atomic mass is 16.5. The predicted molar refractivity (Wildman–Crippen MR) is 94.7 cm³/mol. The fourth-order valence-corrected chi connectivity index (χ4v) is 3.04. The Kier molecular flexibility index (Phi) is 7.00. The smallest absolute Gasteiger partial charge is 0.326 e. The Labute approximate surface area is 152 Å². The van der Waals surface area contributed by atoms with Gasteiger partial charge in [-0.15, -0.1) is 0 Å². The summed E-state index contributed by atoms with van der Waals surface area (Å²) in [6.07, 6.45) is 2.89. The lowest BCUT2D eigenvalue weighted by molar-refractivity contribution is -0.152. The van der Waals surface area contributed by atoms with Crippen molar-refractivity contribution < 1.29 is 29.0 Å². The molecule has 1 aliphatic rings. The number of Topliss-reactive ketones (excluding diaryl/α,β-unsaturated/α-hetero) is 1. The molecule has 0 unspecified atom stereocenters.